The topological polar surface area (TPSA) is 75.2 Å². The van der Waals surface area contributed by atoms with E-state index >= 15 is 0 Å². The summed E-state index contributed by atoms with van der Waals surface area (Å²) < 4.78 is 10.8. The number of carbonyl (C=O) groups excluding carboxylic acids is 1. The van der Waals surface area contributed by atoms with Gasteiger partial charge in [-0.25, -0.2) is 0 Å². The average Bonchev–Trinajstić information content (AvgIpc) is 2.66. The van der Waals surface area contributed by atoms with Crippen molar-refractivity contribution in [3.8, 4) is 5.75 Å². The van der Waals surface area contributed by atoms with E-state index in [4.69, 9.17) is 9.47 Å². The molecule has 1 aromatic carbocycles. The summed E-state index contributed by atoms with van der Waals surface area (Å²) in [6.45, 7) is 8.55. The number of amides is 1. The van der Waals surface area contributed by atoms with E-state index in [0.29, 0.717) is 13.1 Å². The standard InChI is InChI=1S/C19H30N4O3.HI/c1-3-20-19(22-12-8-14-25-4-2)21-11-7-13-23-16-9-5-6-10-17(16)26-15-18(23)24;/h5-6,9-10H,3-4,7-8,11-15H2,1-2H3,(H2,20,21,22);1H. The second-order valence-electron chi connectivity index (χ2n) is 5.89. The quantitative estimate of drug-likeness (QED) is 0.228. The summed E-state index contributed by atoms with van der Waals surface area (Å²) in [6.07, 6.45) is 1.73. The fourth-order valence-corrected chi connectivity index (χ4v) is 2.69. The zero-order chi connectivity index (χ0) is 18.6. The van der Waals surface area contributed by atoms with E-state index in [1.165, 1.54) is 0 Å². The first-order chi connectivity index (χ1) is 12.8. The minimum Gasteiger partial charge on any atom is -0.482 e. The van der Waals surface area contributed by atoms with E-state index in [2.05, 4.69) is 15.6 Å². The van der Waals surface area contributed by atoms with Crippen LogP contribution in [0.1, 0.15) is 26.7 Å². The van der Waals surface area contributed by atoms with Crippen LogP contribution in [0.15, 0.2) is 29.3 Å². The molecule has 0 saturated heterocycles. The number of nitrogens with zero attached hydrogens (tertiary/aromatic N) is 2. The number of hydrogen-bond donors (Lipinski definition) is 2. The first-order valence-corrected chi connectivity index (χ1v) is 9.38. The highest BCUT2D eigenvalue weighted by atomic mass is 127. The zero-order valence-corrected chi connectivity index (χ0v) is 18.5. The molecule has 1 aliphatic rings. The molecule has 27 heavy (non-hydrogen) atoms. The number of nitrogens with one attached hydrogen (secondary N) is 2. The minimum absolute atomic E-state index is 0. The summed E-state index contributed by atoms with van der Waals surface area (Å²) in [5, 5.41) is 6.53. The normalized spacial score (nSPS) is 13.5. The van der Waals surface area contributed by atoms with Gasteiger partial charge in [0.2, 0.25) is 0 Å². The third-order valence-corrected chi connectivity index (χ3v) is 3.92. The van der Waals surface area contributed by atoms with Crippen LogP contribution in [0.4, 0.5) is 5.69 Å². The van der Waals surface area contributed by atoms with E-state index in [1.807, 2.05) is 38.1 Å². The third kappa shape index (κ3) is 7.92. The maximum absolute atomic E-state index is 12.1. The van der Waals surface area contributed by atoms with Crippen LogP contribution in [0.25, 0.3) is 0 Å². The number of aliphatic imine (C=N–C) groups is 1. The van der Waals surface area contributed by atoms with Crippen LogP contribution in [0.5, 0.6) is 5.75 Å². The molecular formula is C19H31IN4O3. The molecule has 0 spiro atoms. The first-order valence-electron chi connectivity index (χ1n) is 9.38. The Morgan fingerprint density at radius 1 is 1.26 bits per heavy atom. The van der Waals surface area contributed by atoms with Gasteiger partial charge >= 0.3 is 0 Å². The molecular weight excluding hydrogens is 459 g/mol. The smallest absolute Gasteiger partial charge is 0.265 e. The van der Waals surface area contributed by atoms with Gasteiger partial charge in [-0.15, -0.1) is 24.0 Å². The predicted octanol–water partition coefficient (Wildman–Crippen LogP) is 2.40. The molecule has 2 rings (SSSR count). The van der Waals surface area contributed by atoms with Crippen LogP contribution in [0.2, 0.25) is 0 Å². The van der Waals surface area contributed by atoms with Gasteiger partial charge in [-0.2, -0.15) is 0 Å². The van der Waals surface area contributed by atoms with Crippen molar-refractivity contribution in [1.82, 2.24) is 10.6 Å². The maximum atomic E-state index is 12.1. The summed E-state index contributed by atoms with van der Waals surface area (Å²) in [5.74, 6) is 1.56. The van der Waals surface area contributed by atoms with Crippen molar-refractivity contribution in [3.63, 3.8) is 0 Å². The summed E-state index contributed by atoms with van der Waals surface area (Å²) in [5.41, 5.74) is 0.841. The fourth-order valence-electron chi connectivity index (χ4n) is 2.69. The van der Waals surface area contributed by atoms with E-state index in [1.54, 1.807) is 4.90 Å². The van der Waals surface area contributed by atoms with Crippen molar-refractivity contribution in [2.75, 3.05) is 50.9 Å². The SMILES string of the molecule is CCNC(=NCCCN1C(=O)COc2ccccc21)NCCCOCC.I. The molecule has 0 bridgehead atoms. The lowest BCUT2D eigenvalue weighted by atomic mass is 10.2. The van der Waals surface area contributed by atoms with Crippen LogP contribution < -0.4 is 20.3 Å². The number of halogens is 1. The summed E-state index contributed by atoms with van der Waals surface area (Å²) in [4.78, 5) is 18.5. The number of anilines is 1. The summed E-state index contributed by atoms with van der Waals surface area (Å²) in [6, 6.07) is 7.64. The number of para-hydroxylation sites is 2. The van der Waals surface area contributed by atoms with Crippen LogP contribution >= 0.6 is 24.0 Å². The van der Waals surface area contributed by atoms with Crippen LogP contribution in [0.3, 0.4) is 0 Å². The van der Waals surface area contributed by atoms with Gasteiger partial charge in [-0.05, 0) is 38.8 Å². The first kappa shape index (κ1) is 23.5. The Morgan fingerprint density at radius 2 is 2.07 bits per heavy atom. The largest absolute Gasteiger partial charge is 0.482 e. The monoisotopic (exact) mass is 490 g/mol. The third-order valence-electron chi connectivity index (χ3n) is 3.92. The molecule has 1 heterocycles. The molecule has 2 N–H and O–H groups in total. The lowest BCUT2D eigenvalue weighted by Crippen LogP contribution is -2.40. The second kappa shape index (κ2) is 13.6. The Kier molecular flexibility index (Phi) is 11.8. The Hall–Kier alpha value is -1.55. The van der Waals surface area contributed by atoms with E-state index in [9.17, 15) is 4.79 Å². The van der Waals surface area contributed by atoms with Gasteiger partial charge in [0.1, 0.15) is 5.75 Å². The second-order valence-corrected chi connectivity index (χ2v) is 5.89. The molecule has 0 radical (unpaired) electrons. The van der Waals surface area contributed by atoms with Gasteiger partial charge in [0.15, 0.2) is 12.6 Å². The molecule has 1 amide bonds. The lowest BCUT2D eigenvalue weighted by Gasteiger charge is -2.29. The van der Waals surface area contributed by atoms with Gasteiger partial charge in [-0.3, -0.25) is 9.79 Å². The Balaban J connectivity index is 0.00000364. The molecule has 0 unspecified atom stereocenters. The highest BCUT2D eigenvalue weighted by molar-refractivity contribution is 14.0. The molecule has 0 aromatic heterocycles. The number of guanidine groups is 1. The minimum atomic E-state index is -0.00589. The molecule has 8 heteroatoms. The van der Waals surface area contributed by atoms with E-state index in [-0.39, 0.29) is 36.5 Å². The van der Waals surface area contributed by atoms with Crippen LogP contribution in [0, 0.1) is 0 Å². The van der Waals surface area contributed by atoms with E-state index in [0.717, 1.165) is 56.5 Å². The van der Waals surface area contributed by atoms with Gasteiger partial charge in [0.05, 0.1) is 5.69 Å². The van der Waals surface area contributed by atoms with E-state index < -0.39 is 0 Å². The molecule has 0 saturated carbocycles. The molecule has 7 nitrogen and oxygen atoms in total. The van der Waals surface area contributed by atoms with Gasteiger partial charge in [-0.1, -0.05) is 12.1 Å². The molecule has 0 fully saturated rings. The Morgan fingerprint density at radius 3 is 2.85 bits per heavy atom. The predicted molar refractivity (Wildman–Crippen MR) is 119 cm³/mol. The molecule has 0 aliphatic carbocycles. The highest BCUT2D eigenvalue weighted by Crippen LogP contribution is 2.31. The number of hydrogen-bond acceptors (Lipinski definition) is 4. The van der Waals surface area contributed by atoms with Crippen molar-refractivity contribution in [2.45, 2.75) is 26.7 Å². The highest BCUT2D eigenvalue weighted by Gasteiger charge is 2.24. The van der Waals surface area contributed by atoms with Crippen molar-refractivity contribution in [2.24, 2.45) is 4.99 Å². The maximum Gasteiger partial charge on any atom is 0.265 e. The molecule has 1 aromatic rings. The van der Waals surface area contributed by atoms with Gasteiger partial charge in [0, 0.05) is 39.4 Å². The van der Waals surface area contributed by atoms with Crippen LogP contribution in [-0.2, 0) is 9.53 Å². The Labute approximate surface area is 178 Å². The number of fused-ring (bicyclic) bond motifs is 1. The molecule has 0 atom stereocenters. The Bertz CT molecular complexity index is 598. The average molecular weight is 490 g/mol. The molecule has 152 valence electrons. The van der Waals surface area contributed by atoms with Crippen LogP contribution in [-0.4, -0.2) is 57.9 Å². The van der Waals surface area contributed by atoms with Crippen molar-refractivity contribution in [3.05, 3.63) is 24.3 Å². The fraction of sp³-hybridized carbons (Fsp3) is 0.579. The summed E-state index contributed by atoms with van der Waals surface area (Å²) >= 11 is 0. The number of carbonyl (C=O) groups is 1. The molecule has 1 aliphatic heterocycles. The van der Waals surface area contributed by atoms with Crippen molar-refractivity contribution in [1.29, 1.82) is 0 Å². The van der Waals surface area contributed by atoms with Gasteiger partial charge in [0.25, 0.3) is 5.91 Å². The number of rotatable bonds is 10. The van der Waals surface area contributed by atoms with Crippen molar-refractivity contribution < 1.29 is 14.3 Å². The number of ether oxygens (including phenoxy) is 2. The van der Waals surface area contributed by atoms with Crippen molar-refractivity contribution >= 4 is 41.5 Å². The summed E-state index contributed by atoms with van der Waals surface area (Å²) in [7, 11) is 0. The lowest BCUT2D eigenvalue weighted by molar-refractivity contribution is -0.121. The zero-order valence-electron chi connectivity index (χ0n) is 16.2. The van der Waals surface area contributed by atoms with Gasteiger partial charge < -0.3 is 25.0 Å². The number of benzene rings is 1.